The normalized spacial score (nSPS) is 14.5. The van der Waals surface area contributed by atoms with E-state index in [0.29, 0.717) is 0 Å². The highest BCUT2D eigenvalue weighted by molar-refractivity contribution is 5.83. The van der Waals surface area contributed by atoms with Crippen molar-refractivity contribution in [1.82, 2.24) is 0 Å². The van der Waals surface area contributed by atoms with E-state index in [0.717, 1.165) is 11.1 Å². The van der Waals surface area contributed by atoms with E-state index < -0.39 is 0 Å². The van der Waals surface area contributed by atoms with Crippen molar-refractivity contribution < 1.29 is 13.6 Å². The lowest BCUT2D eigenvalue weighted by atomic mass is 10.0. The van der Waals surface area contributed by atoms with Crippen molar-refractivity contribution in [2.75, 3.05) is 0 Å². The highest BCUT2D eigenvalue weighted by atomic mass is 19.1. The largest absolute Gasteiger partial charge is 0.299 e. The summed E-state index contributed by atoms with van der Waals surface area (Å²) in [6.07, 6.45) is 3.81. The first kappa shape index (κ1) is 11.7. The Balaban J connectivity index is 1.88. The van der Waals surface area contributed by atoms with Crippen molar-refractivity contribution in [3.63, 3.8) is 0 Å². The highest BCUT2D eigenvalue weighted by Crippen LogP contribution is 2.23. The van der Waals surface area contributed by atoms with Crippen LogP contribution in [0, 0.1) is 5.82 Å². The van der Waals surface area contributed by atoms with Crippen LogP contribution >= 0.6 is 0 Å². The van der Waals surface area contributed by atoms with E-state index in [2.05, 4.69) is 0 Å². The summed E-state index contributed by atoms with van der Waals surface area (Å²) in [6.45, 7) is 0. The molecule has 1 aromatic carbocycles. The van der Waals surface area contributed by atoms with Gasteiger partial charge in [-0.1, -0.05) is 23.8 Å². The van der Waals surface area contributed by atoms with E-state index in [1.54, 1.807) is 18.2 Å². The number of allylic oxidation sites excluding steroid dienone is 4. The molecule has 2 rings (SSSR count). The van der Waals surface area contributed by atoms with Crippen LogP contribution in [0.25, 0.3) is 0 Å². The maximum Gasteiger partial charge on any atom is 0.141 e. The van der Waals surface area contributed by atoms with Gasteiger partial charge in [-0.05, 0) is 23.8 Å². The summed E-state index contributed by atoms with van der Waals surface area (Å²) in [5.41, 5.74) is 1.58. The van der Waals surface area contributed by atoms with E-state index in [-0.39, 0.29) is 36.7 Å². The number of halogens is 2. The predicted molar refractivity (Wildman–Crippen MR) is 61.6 cm³/mol. The zero-order valence-electron chi connectivity index (χ0n) is 9.25. The Morgan fingerprint density at radius 3 is 2.35 bits per heavy atom. The third-order valence-corrected chi connectivity index (χ3v) is 2.63. The summed E-state index contributed by atoms with van der Waals surface area (Å²) in [6, 6.07) is 5.85. The van der Waals surface area contributed by atoms with Gasteiger partial charge in [-0.3, -0.25) is 4.79 Å². The zero-order chi connectivity index (χ0) is 12.3. The molecule has 88 valence electrons. The van der Waals surface area contributed by atoms with Crippen LogP contribution in [-0.4, -0.2) is 5.78 Å². The maximum atomic E-state index is 12.8. The van der Waals surface area contributed by atoms with Crippen molar-refractivity contribution in [3.8, 4) is 0 Å². The van der Waals surface area contributed by atoms with Gasteiger partial charge in [0.15, 0.2) is 0 Å². The fraction of sp³-hybridized carbons (Fsp3) is 0.214. The lowest BCUT2D eigenvalue weighted by molar-refractivity contribution is -0.117. The number of hydrogen-bond acceptors (Lipinski definition) is 1. The van der Waals surface area contributed by atoms with Crippen molar-refractivity contribution >= 4 is 5.78 Å². The number of ketones is 1. The van der Waals surface area contributed by atoms with Gasteiger partial charge in [0.2, 0.25) is 0 Å². The molecule has 0 aromatic heterocycles. The number of Topliss-reactive ketones (excluding diaryl/α,β-unsaturated/α-hetero) is 1. The molecule has 0 aliphatic heterocycles. The van der Waals surface area contributed by atoms with E-state index in [4.69, 9.17) is 0 Å². The molecule has 0 N–H and O–H groups in total. The second kappa shape index (κ2) is 5.04. The molecule has 17 heavy (non-hydrogen) atoms. The first-order valence-corrected chi connectivity index (χ1v) is 5.44. The number of hydrogen-bond donors (Lipinski definition) is 0. The molecule has 0 atom stereocenters. The maximum absolute atomic E-state index is 12.8. The molecule has 0 unspecified atom stereocenters. The van der Waals surface area contributed by atoms with Crippen LogP contribution in [0.4, 0.5) is 8.78 Å². The second-order valence-electron chi connectivity index (χ2n) is 4.13. The highest BCUT2D eigenvalue weighted by Gasteiger charge is 2.12. The minimum absolute atomic E-state index is 0.0194. The third-order valence-electron chi connectivity index (χ3n) is 2.63. The zero-order valence-corrected chi connectivity index (χ0v) is 9.25. The smallest absolute Gasteiger partial charge is 0.141 e. The van der Waals surface area contributed by atoms with Gasteiger partial charge in [-0.25, -0.2) is 8.78 Å². The molecule has 0 radical (unpaired) electrons. The molecule has 0 saturated heterocycles. The molecular weight excluding hydrogens is 222 g/mol. The molecule has 0 bridgehead atoms. The Labute approximate surface area is 98.5 Å². The molecule has 1 aliphatic carbocycles. The van der Waals surface area contributed by atoms with Gasteiger partial charge in [0.1, 0.15) is 17.4 Å². The number of rotatable bonds is 4. The van der Waals surface area contributed by atoms with Crippen LogP contribution in [0.3, 0.4) is 0 Å². The van der Waals surface area contributed by atoms with Crippen LogP contribution in [-0.2, 0) is 11.2 Å². The van der Waals surface area contributed by atoms with Gasteiger partial charge < -0.3 is 0 Å². The van der Waals surface area contributed by atoms with Gasteiger partial charge in [-0.2, -0.15) is 0 Å². The van der Waals surface area contributed by atoms with Gasteiger partial charge in [-0.15, -0.1) is 0 Å². The molecular formula is C14H12F2O. The number of benzene rings is 1. The standard InChI is InChI=1S/C14H12F2O/c15-12-4-1-10(2-5-12)8-14(17)9-11-3-6-13(16)7-11/h1-6H,7-9H2. The minimum atomic E-state index is -0.314. The lowest BCUT2D eigenvalue weighted by Crippen LogP contribution is -2.03. The summed E-state index contributed by atoms with van der Waals surface area (Å²) in [5.74, 6) is -0.494. The van der Waals surface area contributed by atoms with Gasteiger partial charge in [0.05, 0.1) is 0 Å². The Hall–Kier alpha value is -1.77. The van der Waals surface area contributed by atoms with Crippen molar-refractivity contribution in [2.45, 2.75) is 19.3 Å². The first-order valence-electron chi connectivity index (χ1n) is 5.44. The fourth-order valence-electron chi connectivity index (χ4n) is 1.81. The average molecular weight is 234 g/mol. The topological polar surface area (TPSA) is 17.1 Å². The molecule has 1 aliphatic rings. The number of carbonyl (C=O) groups is 1. The summed E-state index contributed by atoms with van der Waals surface area (Å²) in [4.78, 5) is 11.7. The molecule has 0 amide bonds. The van der Waals surface area contributed by atoms with Crippen molar-refractivity contribution in [3.05, 3.63) is 59.2 Å². The Morgan fingerprint density at radius 2 is 1.76 bits per heavy atom. The Morgan fingerprint density at radius 1 is 1.06 bits per heavy atom. The van der Waals surface area contributed by atoms with Crippen molar-refractivity contribution in [1.29, 1.82) is 0 Å². The molecule has 1 aromatic rings. The van der Waals surface area contributed by atoms with E-state index in [9.17, 15) is 13.6 Å². The van der Waals surface area contributed by atoms with Gasteiger partial charge >= 0.3 is 0 Å². The molecule has 0 fully saturated rings. The van der Waals surface area contributed by atoms with Crippen LogP contribution in [0.5, 0.6) is 0 Å². The summed E-state index contributed by atoms with van der Waals surface area (Å²) in [5, 5.41) is 0. The molecule has 0 saturated carbocycles. The second-order valence-corrected chi connectivity index (χ2v) is 4.13. The molecule has 1 nitrogen and oxygen atoms in total. The summed E-state index contributed by atoms with van der Waals surface area (Å²) >= 11 is 0. The van der Waals surface area contributed by atoms with E-state index in [1.165, 1.54) is 18.2 Å². The first-order chi connectivity index (χ1) is 8.13. The summed E-state index contributed by atoms with van der Waals surface area (Å²) < 4.78 is 25.4. The van der Waals surface area contributed by atoms with Crippen molar-refractivity contribution in [2.24, 2.45) is 0 Å². The third kappa shape index (κ3) is 3.34. The van der Waals surface area contributed by atoms with Crippen LogP contribution in [0.15, 0.2) is 47.8 Å². The fourth-order valence-corrected chi connectivity index (χ4v) is 1.81. The summed E-state index contributed by atoms with van der Waals surface area (Å²) in [7, 11) is 0. The SMILES string of the molecule is O=C(CC1=CC=C(F)C1)Cc1ccc(F)cc1. The van der Waals surface area contributed by atoms with Crippen LogP contribution in [0.1, 0.15) is 18.4 Å². The van der Waals surface area contributed by atoms with Gasteiger partial charge in [0, 0.05) is 19.3 Å². The molecule has 0 heterocycles. The quantitative estimate of drug-likeness (QED) is 0.779. The average Bonchev–Trinajstić information content (AvgIpc) is 2.67. The minimum Gasteiger partial charge on any atom is -0.299 e. The number of carbonyl (C=O) groups excluding carboxylic acids is 1. The Kier molecular flexibility index (Phi) is 3.47. The lowest BCUT2D eigenvalue weighted by Gasteiger charge is -2.02. The van der Waals surface area contributed by atoms with Crippen LogP contribution in [0.2, 0.25) is 0 Å². The van der Waals surface area contributed by atoms with E-state index >= 15 is 0 Å². The van der Waals surface area contributed by atoms with Crippen LogP contribution < -0.4 is 0 Å². The predicted octanol–water partition coefficient (Wildman–Crippen LogP) is 3.51. The molecule has 3 heteroatoms. The van der Waals surface area contributed by atoms with Gasteiger partial charge in [0.25, 0.3) is 0 Å². The monoisotopic (exact) mass is 234 g/mol. The van der Waals surface area contributed by atoms with E-state index in [1.807, 2.05) is 0 Å². The molecule has 0 spiro atoms. The Bertz CT molecular complexity index is 483.